The summed E-state index contributed by atoms with van der Waals surface area (Å²) in [6.45, 7) is 7.27. The lowest BCUT2D eigenvalue weighted by Crippen LogP contribution is -2.49. The fourth-order valence-corrected chi connectivity index (χ4v) is 3.72. The highest BCUT2D eigenvalue weighted by Gasteiger charge is 2.49. The van der Waals surface area contributed by atoms with Crippen LogP contribution in [0.3, 0.4) is 0 Å². The second kappa shape index (κ2) is 4.94. The Hall–Kier alpha value is -1.69. The molecule has 2 unspecified atom stereocenters. The largest absolute Gasteiger partial charge is 0.393 e. The monoisotopic (exact) mass is 289 g/mol. The van der Waals surface area contributed by atoms with E-state index in [-0.39, 0.29) is 11.5 Å². The fourth-order valence-electron chi connectivity index (χ4n) is 3.72. The van der Waals surface area contributed by atoms with Crippen LogP contribution in [0.25, 0.3) is 11.2 Å². The fraction of sp³-hybridized carbons (Fsp3) is 0.667. The summed E-state index contributed by atoms with van der Waals surface area (Å²) in [7, 11) is 0. The van der Waals surface area contributed by atoms with Gasteiger partial charge in [0.2, 0.25) is 0 Å². The molecule has 6 nitrogen and oxygen atoms in total. The minimum Gasteiger partial charge on any atom is -0.393 e. The van der Waals surface area contributed by atoms with Crippen molar-refractivity contribution in [2.75, 3.05) is 5.73 Å². The number of fused-ring (bicyclic) bond motifs is 1. The predicted molar refractivity (Wildman–Crippen MR) is 81.4 cm³/mol. The van der Waals surface area contributed by atoms with Gasteiger partial charge in [-0.1, -0.05) is 13.8 Å². The van der Waals surface area contributed by atoms with Gasteiger partial charge in [0.15, 0.2) is 11.5 Å². The van der Waals surface area contributed by atoms with Crippen LogP contribution in [0, 0.1) is 17.3 Å². The van der Waals surface area contributed by atoms with Crippen molar-refractivity contribution in [3.63, 3.8) is 0 Å². The molecule has 3 rings (SSSR count). The zero-order chi connectivity index (χ0) is 15.2. The Kier molecular flexibility index (Phi) is 3.36. The van der Waals surface area contributed by atoms with Gasteiger partial charge in [-0.15, -0.1) is 0 Å². The average molecular weight is 289 g/mol. The summed E-state index contributed by atoms with van der Waals surface area (Å²) in [6, 6.07) is 0. The maximum atomic E-state index is 9.80. The van der Waals surface area contributed by atoms with Crippen LogP contribution in [-0.4, -0.2) is 30.7 Å². The highest BCUT2D eigenvalue weighted by molar-refractivity contribution is 5.80. The van der Waals surface area contributed by atoms with Crippen molar-refractivity contribution in [3.05, 3.63) is 12.7 Å². The quantitative estimate of drug-likeness (QED) is 0.896. The van der Waals surface area contributed by atoms with Crippen LogP contribution in [0.1, 0.15) is 33.6 Å². The Balaban J connectivity index is 1.70. The van der Waals surface area contributed by atoms with Crippen LogP contribution in [0.4, 0.5) is 5.82 Å². The second-order valence-corrected chi connectivity index (χ2v) is 6.76. The van der Waals surface area contributed by atoms with Gasteiger partial charge in [0.1, 0.15) is 11.8 Å². The topological polar surface area (TPSA) is 89.8 Å². The van der Waals surface area contributed by atoms with Crippen LogP contribution in [0.15, 0.2) is 12.7 Å². The van der Waals surface area contributed by atoms with E-state index in [0.717, 1.165) is 25.0 Å². The molecule has 3 N–H and O–H groups in total. The Morgan fingerprint density at radius 3 is 2.86 bits per heavy atom. The number of nitrogen functional groups attached to an aromatic ring is 1. The van der Waals surface area contributed by atoms with Gasteiger partial charge in [0.05, 0.1) is 12.4 Å². The van der Waals surface area contributed by atoms with Gasteiger partial charge in [-0.25, -0.2) is 15.0 Å². The van der Waals surface area contributed by atoms with E-state index in [9.17, 15) is 5.11 Å². The smallest absolute Gasteiger partial charge is 0.165 e. The minimum absolute atomic E-state index is 0.193. The Bertz CT molecular complexity index is 649. The van der Waals surface area contributed by atoms with E-state index >= 15 is 0 Å². The molecule has 1 aliphatic carbocycles. The number of aryl methyl sites for hydroxylation is 1. The van der Waals surface area contributed by atoms with Gasteiger partial charge >= 0.3 is 0 Å². The minimum atomic E-state index is -0.224. The third-order valence-corrected chi connectivity index (χ3v) is 5.28. The standard InChI is InChI=1S/C15H23N5O/c1-9(21)11-6-10(15(11,2)3)4-5-20-8-19-12-13(16)17-7-18-14(12)20/h7-11,21H,4-6H2,1-3H3,(H2,16,17,18)/t9-,10?,11?/m0/s1. The molecule has 1 fully saturated rings. The summed E-state index contributed by atoms with van der Waals surface area (Å²) in [4.78, 5) is 12.5. The lowest BCUT2D eigenvalue weighted by molar-refractivity contribution is -0.0917. The van der Waals surface area contributed by atoms with Gasteiger partial charge in [-0.3, -0.25) is 0 Å². The summed E-state index contributed by atoms with van der Waals surface area (Å²) >= 11 is 0. The van der Waals surface area contributed by atoms with Crippen molar-refractivity contribution >= 4 is 17.0 Å². The number of aliphatic hydroxyl groups is 1. The first-order valence-corrected chi connectivity index (χ1v) is 7.50. The van der Waals surface area contributed by atoms with E-state index in [4.69, 9.17) is 5.73 Å². The van der Waals surface area contributed by atoms with Crippen LogP contribution >= 0.6 is 0 Å². The number of hydrogen-bond acceptors (Lipinski definition) is 5. The SMILES string of the molecule is C[C@H](O)C1CC(CCn2cnc3c(N)ncnc32)C1(C)C. The molecule has 6 heteroatoms. The molecule has 2 heterocycles. The Morgan fingerprint density at radius 1 is 1.43 bits per heavy atom. The maximum Gasteiger partial charge on any atom is 0.165 e. The van der Waals surface area contributed by atoms with Crippen molar-refractivity contribution in [1.29, 1.82) is 0 Å². The van der Waals surface area contributed by atoms with Crippen LogP contribution in [0.2, 0.25) is 0 Å². The molecule has 0 saturated heterocycles. The van der Waals surface area contributed by atoms with Crippen molar-refractivity contribution in [2.45, 2.75) is 46.3 Å². The molecule has 2 aromatic heterocycles. The van der Waals surface area contributed by atoms with Gasteiger partial charge in [-0.2, -0.15) is 0 Å². The molecule has 114 valence electrons. The molecule has 1 aliphatic rings. The van der Waals surface area contributed by atoms with E-state index in [2.05, 4.69) is 28.8 Å². The molecule has 21 heavy (non-hydrogen) atoms. The normalized spacial score (nSPS) is 25.7. The summed E-state index contributed by atoms with van der Waals surface area (Å²) in [6.07, 6.45) is 5.19. The number of hydrogen-bond donors (Lipinski definition) is 2. The summed E-state index contributed by atoms with van der Waals surface area (Å²) in [5.41, 5.74) is 7.47. The lowest BCUT2D eigenvalue weighted by Gasteiger charge is -2.54. The summed E-state index contributed by atoms with van der Waals surface area (Å²) in [5.74, 6) is 1.45. The first kappa shape index (κ1) is 14.3. The average Bonchev–Trinajstić information content (AvgIpc) is 2.82. The first-order chi connectivity index (χ1) is 9.91. The molecule has 0 aliphatic heterocycles. The number of imidazole rings is 1. The molecule has 0 amide bonds. The molecular formula is C15H23N5O. The molecule has 2 aromatic rings. The Morgan fingerprint density at radius 2 is 2.19 bits per heavy atom. The molecule has 3 atom stereocenters. The lowest BCUT2D eigenvalue weighted by atomic mass is 9.52. The summed E-state index contributed by atoms with van der Waals surface area (Å²) < 4.78 is 2.04. The van der Waals surface area contributed by atoms with E-state index in [0.29, 0.717) is 23.2 Å². The van der Waals surface area contributed by atoms with Crippen LogP contribution in [-0.2, 0) is 6.54 Å². The van der Waals surface area contributed by atoms with Crippen molar-refractivity contribution in [3.8, 4) is 0 Å². The van der Waals surface area contributed by atoms with Crippen molar-refractivity contribution in [1.82, 2.24) is 19.5 Å². The molecule has 0 spiro atoms. The van der Waals surface area contributed by atoms with E-state index in [1.54, 1.807) is 6.33 Å². The van der Waals surface area contributed by atoms with Crippen molar-refractivity contribution < 1.29 is 5.11 Å². The highest BCUT2D eigenvalue weighted by Crippen LogP contribution is 2.54. The Labute approximate surface area is 124 Å². The van der Waals surface area contributed by atoms with Crippen LogP contribution < -0.4 is 5.73 Å². The van der Waals surface area contributed by atoms with Gasteiger partial charge in [-0.05, 0) is 37.0 Å². The second-order valence-electron chi connectivity index (χ2n) is 6.76. The molecule has 0 aromatic carbocycles. The maximum absolute atomic E-state index is 9.80. The third-order valence-electron chi connectivity index (χ3n) is 5.28. The number of nitrogens with zero attached hydrogens (tertiary/aromatic N) is 4. The summed E-state index contributed by atoms with van der Waals surface area (Å²) in [5, 5.41) is 9.80. The van der Waals surface area contributed by atoms with E-state index in [1.807, 2.05) is 11.5 Å². The number of rotatable bonds is 4. The van der Waals surface area contributed by atoms with E-state index < -0.39 is 0 Å². The molecule has 0 bridgehead atoms. The third kappa shape index (κ3) is 2.27. The number of aliphatic hydroxyl groups excluding tert-OH is 1. The first-order valence-electron chi connectivity index (χ1n) is 7.50. The van der Waals surface area contributed by atoms with Gasteiger partial charge in [0.25, 0.3) is 0 Å². The number of aromatic nitrogens is 4. The van der Waals surface area contributed by atoms with Gasteiger partial charge in [0, 0.05) is 6.54 Å². The number of nitrogens with two attached hydrogens (primary N) is 1. The number of anilines is 1. The van der Waals surface area contributed by atoms with Gasteiger partial charge < -0.3 is 15.4 Å². The highest BCUT2D eigenvalue weighted by atomic mass is 16.3. The van der Waals surface area contributed by atoms with Crippen molar-refractivity contribution in [2.24, 2.45) is 17.3 Å². The zero-order valence-corrected chi connectivity index (χ0v) is 12.8. The molecule has 0 radical (unpaired) electrons. The molecular weight excluding hydrogens is 266 g/mol. The zero-order valence-electron chi connectivity index (χ0n) is 12.8. The predicted octanol–water partition coefficient (Wildman–Crippen LogP) is 1.84. The van der Waals surface area contributed by atoms with E-state index in [1.165, 1.54) is 6.33 Å². The van der Waals surface area contributed by atoms with Crippen LogP contribution in [0.5, 0.6) is 0 Å². The molecule has 1 saturated carbocycles.